The summed E-state index contributed by atoms with van der Waals surface area (Å²) in [5, 5.41) is 12.6. The van der Waals surface area contributed by atoms with Gasteiger partial charge in [0.25, 0.3) is 0 Å². The highest BCUT2D eigenvalue weighted by atomic mass is 35.5. The summed E-state index contributed by atoms with van der Waals surface area (Å²) in [5.74, 6) is 0.0228. The smallest absolute Gasteiger partial charge is 0.224 e. The zero-order chi connectivity index (χ0) is 19.5. The molecule has 0 aliphatic rings. The highest BCUT2D eigenvalue weighted by Gasteiger charge is 2.06. The van der Waals surface area contributed by atoms with Crippen LogP contribution in [-0.2, 0) is 17.8 Å². The molecule has 0 spiro atoms. The number of phenolic OH excluding ortho intramolecular Hbond substituents is 1. The summed E-state index contributed by atoms with van der Waals surface area (Å²) in [7, 11) is 2.16. The van der Waals surface area contributed by atoms with Crippen LogP contribution >= 0.6 is 11.6 Å². The Morgan fingerprint density at radius 2 is 1.78 bits per heavy atom. The Morgan fingerprint density at radius 1 is 1.04 bits per heavy atom. The van der Waals surface area contributed by atoms with Gasteiger partial charge in [-0.2, -0.15) is 0 Å². The van der Waals surface area contributed by atoms with E-state index < -0.39 is 0 Å². The van der Waals surface area contributed by atoms with Crippen LogP contribution in [-0.4, -0.2) is 36.1 Å². The van der Waals surface area contributed by atoms with Gasteiger partial charge in [0.2, 0.25) is 5.91 Å². The van der Waals surface area contributed by atoms with E-state index in [4.69, 9.17) is 11.6 Å². The van der Waals surface area contributed by atoms with Gasteiger partial charge in [-0.25, -0.2) is 0 Å². The molecule has 27 heavy (non-hydrogen) atoms. The lowest BCUT2D eigenvalue weighted by molar-refractivity contribution is -0.120. The number of nitrogens with one attached hydrogen (secondary N) is 1. The third-order valence-corrected chi connectivity index (χ3v) is 4.76. The predicted octanol–water partition coefficient (Wildman–Crippen LogP) is 4.40. The van der Waals surface area contributed by atoms with Gasteiger partial charge in [-0.1, -0.05) is 60.8 Å². The molecule has 0 saturated carbocycles. The summed E-state index contributed by atoms with van der Waals surface area (Å²) < 4.78 is 0. The molecule has 2 aromatic rings. The van der Waals surface area contributed by atoms with E-state index in [0.717, 1.165) is 31.5 Å². The molecule has 0 aliphatic heterocycles. The molecule has 0 radical (unpaired) electrons. The quantitative estimate of drug-likeness (QED) is 0.561. The standard InChI is InChI=1S/C22H29ClN2O2/c1-25(17-18-9-5-4-6-10-18)14-8-3-2-7-13-24-22(27)16-19-11-12-21(26)20(23)15-19/h4-6,9-12,15,26H,2-3,7-8,13-14,16-17H2,1H3,(H,24,27). The Bertz CT molecular complexity index is 707. The maximum Gasteiger partial charge on any atom is 0.224 e. The highest BCUT2D eigenvalue weighted by Crippen LogP contribution is 2.23. The molecule has 0 heterocycles. The van der Waals surface area contributed by atoms with Crippen molar-refractivity contribution in [1.29, 1.82) is 0 Å². The summed E-state index contributed by atoms with van der Waals surface area (Å²) in [6.07, 6.45) is 4.73. The molecular formula is C22H29ClN2O2. The van der Waals surface area contributed by atoms with Crippen LogP contribution in [0.4, 0.5) is 0 Å². The van der Waals surface area contributed by atoms with Gasteiger partial charge in [0, 0.05) is 13.1 Å². The predicted molar refractivity (Wildman–Crippen MR) is 111 cm³/mol. The molecule has 4 nitrogen and oxygen atoms in total. The van der Waals surface area contributed by atoms with Gasteiger partial charge in [0.1, 0.15) is 5.75 Å². The van der Waals surface area contributed by atoms with Crippen LogP contribution in [0.25, 0.3) is 0 Å². The van der Waals surface area contributed by atoms with Crippen LogP contribution in [0.2, 0.25) is 5.02 Å². The van der Waals surface area contributed by atoms with Crippen molar-refractivity contribution in [2.45, 2.75) is 38.6 Å². The molecule has 0 atom stereocenters. The second-order valence-corrected chi connectivity index (χ2v) is 7.36. The monoisotopic (exact) mass is 388 g/mol. The lowest BCUT2D eigenvalue weighted by Crippen LogP contribution is -2.26. The summed E-state index contributed by atoms with van der Waals surface area (Å²) in [6.45, 7) is 2.77. The van der Waals surface area contributed by atoms with E-state index in [1.807, 2.05) is 6.07 Å². The van der Waals surface area contributed by atoms with Crippen molar-refractivity contribution in [2.24, 2.45) is 0 Å². The second-order valence-electron chi connectivity index (χ2n) is 6.95. The van der Waals surface area contributed by atoms with E-state index >= 15 is 0 Å². The van der Waals surface area contributed by atoms with E-state index in [1.54, 1.807) is 12.1 Å². The van der Waals surface area contributed by atoms with Crippen molar-refractivity contribution in [3.63, 3.8) is 0 Å². The number of carbonyl (C=O) groups excluding carboxylic acids is 1. The molecule has 2 N–H and O–H groups in total. The van der Waals surface area contributed by atoms with Crippen molar-refractivity contribution < 1.29 is 9.90 Å². The van der Waals surface area contributed by atoms with Gasteiger partial charge in [-0.05, 0) is 49.7 Å². The average molecular weight is 389 g/mol. The molecular weight excluding hydrogens is 360 g/mol. The summed E-state index contributed by atoms with van der Waals surface area (Å²) in [5.41, 5.74) is 2.15. The van der Waals surface area contributed by atoms with Gasteiger partial charge in [-0.3, -0.25) is 4.79 Å². The van der Waals surface area contributed by atoms with Crippen molar-refractivity contribution in [1.82, 2.24) is 10.2 Å². The van der Waals surface area contributed by atoms with Crippen molar-refractivity contribution in [2.75, 3.05) is 20.1 Å². The Kier molecular flexibility index (Phi) is 9.16. The molecule has 0 saturated heterocycles. The minimum absolute atomic E-state index is 0.0145. The first-order chi connectivity index (χ1) is 13.0. The minimum Gasteiger partial charge on any atom is -0.506 e. The topological polar surface area (TPSA) is 52.6 Å². The summed E-state index contributed by atoms with van der Waals surface area (Å²) in [6, 6.07) is 15.4. The number of nitrogens with zero attached hydrogens (tertiary/aromatic N) is 1. The van der Waals surface area contributed by atoms with E-state index in [0.29, 0.717) is 6.54 Å². The first kappa shape index (κ1) is 21.3. The van der Waals surface area contributed by atoms with E-state index in [9.17, 15) is 9.90 Å². The second kappa shape index (κ2) is 11.6. The van der Waals surface area contributed by atoms with Crippen LogP contribution in [0.3, 0.4) is 0 Å². The van der Waals surface area contributed by atoms with E-state index in [-0.39, 0.29) is 23.1 Å². The number of halogens is 1. The highest BCUT2D eigenvalue weighted by molar-refractivity contribution is 6.32. The molecule has 2 rings (SSSR count). The fraction of sp³-hybridized carbons (Fsp3) is 0.409. The average Bonchev–Trinajstić information content (AvgIpc) is 2.65. The zero-order valence-electron chi connectivity index (χ0n) is 16.0. The molecule has 0 aliphatic carbocycles. The number of benzene rings is 2. The largest absolute Gasteiger partial charge is 0.506 e. The molecule has 0 unspecified atom stereocenters. The Hall–Kier alpha value is -2.04. The van der Waals surface area contributed by atoms with Crippen molar-refractivity contribution >= 4 is 17.5 Å². The zero-order valence-corrected chi connectivity index (χ0v) is 16.7. The maximum absolute atomic E-state index is 11.9. The van der Waals surface area contributed by atoms with Gasteiger partial charge in [-0.15, -0.1) is 0 Å². The Balaban J connectivity index is 1.50. The van der Waals surface area contributed by atoms with Gasteiger partial charge in [0.15, 0.2) is 0 Å². The molecule has 5 heteroatoms. The number of phenols is 1. The van der Waals surface area contributed by atoms with Crippen molar-refractivity contribution in [3.8, 4) is 5.75 Å². The van der Waals surface area contributed by atoms with Crippen LogP contribution < -0.4 is 5.32 Å². The first-order valence-corrected chi connectivity index (χ1v) is 9.89. The number of carbonyl (C=O) groups is 1. The summed E-state index contributed by atoms with van der Waals surface area (Å²) >= 11 is 5.85. The molecule has 2 aromatic carbocycles. The van der Waals surface area contributed by atoms with Crippen LogP contribution in [0.1, 0.15) is 36.8 Å². The van der Waals surface area contributed by atoms with Gasteiger partial charge < -0.3 is 15.3 Å². The number of aromatic hydroxyl groups is 1. The number of hydrogen-bond acceptors (Lipinski definition) is 3. The fourth-order valence-corrected chi connectivity index (χ4v) is 3.17. The normalized spacial score (nSPS) is 10.9. The van der Waals surface area contributed by atoms with E-state index in [1.165, 1.54) is 24.5 Å². The third kappa shape index (κ3) is 8.46. The van der Waals surface area contributed by atoms with E-state index in [2.05, 4.69) is 41.5 Å². The minimum atomic E-state index is -0.0145. The van der Waals surface area contributed by atoms with Gasteiger partial charge in [0.05, 0.1) is 11.4 Å². The first-order valence-electron chi connectivity index (χ1n) is 9.51. The Morgan fingerprint density at radius 3 is 2.52 bits per heavy atom. The fourth-order valence-electron chi connectivity index (χ4n) is 2.97. The van der Waals surface area contributed by atoms with Crippen molar-refractivity contribution in [3.05, 3.63) is 64.7 Å². The molecule has 1 amide bonds. The summed E-state index contributed by atoms with van der Waals surface area (Å²) in [4.78, 5) is 14.3. The van der Waals surface area contributed by atoms with Crippen LogP contribution in [0.5, 0.6) is 5.75 Å². The molecule has 0 aromatic heterocycles. The number of rotatable bonds is 11. The number of amides is 1. The lowest BCUT2D eigenvalue weighted by atomic mass is 10.1. The number of hydrogen-bond donors (Lipinski definition) is 2. The van der Waals surface area contributed by atoms with Crippen LogP contribution in [0.15, 0.2) is 48.5 Å². The van der Waals surface area contributed by atoms with Gasteiger partial charge >= 0.3 is 0 Å². The third-order valence-electron chi connectivity index (χ3n) is 4.46. The molecule has 0 bridgehead atoms. The maximum atomic E-state index is 11.9. The van der Waals surface area contributed by atoms with Crippen LogP contribution in [0, 0.1) is 0 Å². The number of unbranched alkanes of at least 4 members (excludes halogenated alkanes) is 3. The molecule has 0 fully saturated rings. The Labute approximate surface area is 167 Å². The SMILES string of the molecule is CN(CCCCCCNC(=O)Cc1ccc(O)c(Cl)c1)Cc1ccccc1. The molecule has 146 valence electrons. The lowest BCUT2D eigenvalue weighted by Gasteiger charge is -2.16.